The van der Waals surface area contributed by atoms with Crippen LogP contribution in [-0.4, -0.2) is 25.3 Å². The molecular weight excluding hydrogens is 241 g/mol. The summed E-state index contributed by atoms with van der Waals surface area (Å²) in [6.45, 7) is 0.605. The van der Waals surface area contributed by atoms with Gasteiger partial charge in [0, 0.05) is 24.7 Å². The summed E-state index contributed by atoms with van der Waals surface area (Å²) in [6, 6.07) is 4.56. The molecule has 1 aliphatic rings. The van der Waals surface area contributed by atoms with Gasteiger partial charge in [0.1, 0.15) is 0 Å². The van der Waals surface area contributed by atoms with Crippen molar-refractivity contribution in [3.8, 4) is 5.75 Å². The normalized spacial score (nSPS) is 19.8. The number of halogens is 1. The number of nitrogens with zero attached hydrogens (tertiary/aromatic N) is 1. The fourth-order valence-electron chi connectivity index (χ4n) is 1.98. The maximum absolute atomic E-state index is 13.5. The van der Waals surface area contributed by atoms with E-state index in [1.54, 1.807) is 11.0 Å². The molecule has 1 fully saturated rings. The smallest absolute Gasteiger partial charge is 0.227 e. The molecule has 0 radical (unpaired) electrons. The van der Waals surface area contributed by atoms with E-state index >= 15 is 0 Å². The van der Waals surface area contributed by atoms with Crippen LogP contribution in [0, 0.1) is 11.7 Å². The van der Waals surface area contributed by atoms with Crippen molar-refractivity contribution in [2.24, 2.45) is 5.92 Å². The number of carbonyl (C=O) groups excluding carboxylic acids is 1. The van der Waals surface area contributed by atoms with E-state index in [4.69, 9.17) is 4.74 Å². The fourth-order valence-corrected chi connectivity index (χ4v) is 2.22. The molecule has 1 aliphatic heterocycles. The number of anilines is 1. The van der Waals surface area contributed by atoms with Gasteiger partial charge in [0.25, 0.3) is 0 Å². The summed E-state index contributed by atoms with van der Waals surface area (Å²) in [4.78, 5) is 13.3. The molecular formula is C12H14FNO2S. The predicted octanol–water partition coefficient (Wildman–Crippen LogP) is 2.12. The van der Waals surface area contributed by atoms with Crippen molar-refractivity contribution in [3.05, 3.63) is 24.0 Å². The van der Waals surface area contributed by atoms with Gasteiger partial charge in [0.05, 0.1) is 7.11 Å². The Morgan fingerprint density at radius 2 is 2.35 bits per heavy atom. The van der Waals surface area contributed by atoms with Crippen molar-refractivity contribution < 1.29 is 13.9 Å². The molecule has 1 unspecified atom stereocenters. The van der Waals surface area contributed by atoms with Crippen LogP contribution < -0.4 is 9.64 Å². The Labute approximate surface area is 105 Å². The fraction of sp³-hybridized carbons (Fsp3) is 0.417. The summed E-state index contributed by atoms with van der Waals surface area (Å²) >= 11 is 4.19. The first kappa shape index (κ1) is 12.2. The average molecular weight is 255 g/mol. The standard InChI is InChI=1S/C12H14FNO2S/c1-16-11-3-2-9(5-10(11)13)14-6-8(7-17)4-12(14)15/h2-3,5,8,17H,4,6-7H2,1H3. The molecule has 3 nitrogen and oxygen atoms in total. The van der Waals surface area contributed by atoms with Crippen LogP contribution in [0.15, 0.2) is 18.2 Å². The van der Waals surface area contributed by atoms with Gasteiger partial charge in [0.2, 0.25) is 5.91 Å². The highest BCUT2D eigenvalue weighted by molar-refractivity contribution is 7.80. The molecule has 0 N–H and O–H groups in total. The number of amides is 1. The third-order valence-electron chi connectivity index (χ3n) is 2.91. The molecule has 17 heavy (non-hydrogen) atoms. The molecule has 92 valence electrons. The number of carbonyl (C=O) groups is 1. The molecule has 2 rings (SSSR count). The van der Waals surface area contributed by atoms with Gasteiger partial charge in [0.15, 0.2) is 11.6 Å². The third kappa shape index (κ3) is 2.39. The van der Waals surface area contributed by atoms with Crippen LogP contribution in [0.2, 0.25) is 0 Å². The summed E-state index contributed by atoms with van der Waals surface area (Å²) in [5.41, 5.74) is 0.581. The number of hydrogen-bond acceptors (Lipinski definition) is 3. The zero-order valence-corrected chi connectivity index (χ0v) is 10.4. The lowest BCUT2D eigenvalue weighted by Gasteiger charge is -2.17. The molecule has 0 saturated carbocycles. The molecule has 0 aliphatic carbocycles. The van der Waals surface area contributed by atoms with Crippen LogP contribution >= 0.6 is 12.6 Å². The average Bonchev–Trinajstić information content (AvgIpc) is 2.70. The number of thiol groups is 1. The second-order valence-corrected chi connectivity index (χ2v) is 4.44. The topological polar surface area (TPSA) is 29.5 Å². The molecule has 0 aromatic heterocycles. The van der Waals surface area contributed by atoms with Crippen molar-refractivity contribution in [2.75, 3.05) is 24.3 Å². The Bertz CT molecular complexity index is 439. The third-order valence-corrected chi connectivity index (χ3v) is 3.43. The Hall–Kier alpha value is -1.23. The van der Waals surface area contributed by atoms with E-state index in [-0.39, 0.29) is 17.6 Å². The molecule has 1 saturated heterocycles. The maximum Gasteiger partial charge on any atom is 0.227 e. The predicted molar refractivity (Wildman–Crippen MR) is 67.3 cm³/mol. The second kappa shape index (κ2) is 4.96. The first-order chi connectivity index (χ1) is 8.15. The number of hydrogen-bond donors (Lipinski definition) is 1. The summed E-state index contributed by atoms with van der Waals surface area (Å²) in [7, 11) is 1.41. The zero-order chi connectivity index (χ0) is 12.4. The number of methoxy groups -OCH3 is 1. The Kier molecular flexibility index (Phi) is 3.57. The van der Waals surface area contributed by atoms with Gasteiger partial charge in [-0.05, 0) is 23.8 Å². The van der Waals surface area contributed by atoms with Crippen LogP contribution in [0.5, 0.6) is 5.75 Å². The highest BCUT2D eigenvalue weighted by Gasteiger charge is 2.29. The largest absolute Gasteiger partial charge is 0.494 e. The summed E-state index contributed by atoms with van der Waals surface area (Å²) in [5, 5.41) is 0. The highest BCUT2D eigenvalue weighted by atomic mass is 32.1. The lowest BCUT2D eigenvalue weighted by atomic mass is 10.1. The molecule has 5 heteroatoms. The van der Waals surface area contributed by atoms with Gasteiger partial charge in [-0.1, -0.05) is 0 Å². The van der Waals surface area contributed by atoms with Gasteiger partial charge in [-0.2, -0.15) is 12.6 Å². The molecule has 1 amide bonds. The van der Waals surface area contributed by atoms with Gasteiger partial charge < -0.3 is 9.64 Å². The van der Waals surface area contributed by atoms with E-state index < -0.39 is 5.82 Å². The van der Waals surface area contributed by atoms with Gasteiger partial charge in [-0.15, -0.1) is 0 Å². The van der Waals surface area contributed by atoms with Crippen LogP contribution in [0.3, 0.4) is 0 Å². The molecule has 1 heterocycles. The summed E-state index contributed by atoms with van der Waals surface area (Å²) in [6.07, 6.45) is 0.483. The van der Waals surface area contributed by atoms with E-state index in [0.29, 0.717) is 24.4 Å². The van der Waals surface area contributed by atoms with Crippen molar-refractivity contribution in [1.82, 2.24) is 0 Å². The molecule has 1 atom stereocenters. The van der Waals surface area contributed by atoms with Crippen LogP contribution in [0.4, 0.5) is 10.1 Å². The summed E-state index contributed by atoms with van der Waals surface area (Å²) < 4.78 is 18.4. The van der Waals surface area contributed by atoms with E-state index in [1.807, 2.05) is 0 Å². The Balaban J connectivity index is 2.23. The minimum absolute atomic E-state index is 0.0219. The van der Waals surface area contributed by atoms with Crippen molar-refractivity contribution in [1.29, 1.82) is 0 Å². The van der Waals surface area contributed by atoms with Gasteiger partial charge in [-0.25, -0.2) is 4.39 Å². The second-order valence-electron chi connectivity index (χ2n) is 4.08. The van der Waals surface area contributed by atoms with Crippen LogP contribution in [-0.2, 0) is 4.79 Å². The molecule has 0 spiro atoms. The van der Waals surface area contributed by atoms with Crippen molar-refractivity contribution in [3.63, 3.8) is 0 Å². The van der Waals surface area contributed by atoms with Crippen LogP contribution in [0.1, 0.15) is 6.42 Å². The number of benzene rings is 1. The highest BCUT2D eigenvalue weighted by Crippen LogP contribution is 2.29. The maximum atomic E-state index is 13.5. The Morgan fingerprint density at radius 1 is 1.59 bits per heavy atom. The summed E-state index contributed by atoms with van der Waals surface area (Å²) in [5.74, 6) is 0.670. The zero-order valence-electron chi connectivity index (χ0n) is 9.52. The van der Waals surface area contributed by atoms with Gasteiger partial charge >= 0.3 is 0 Å². The van der Waals surface area contributed by atoms with Crippen LogP contribution in [0.25, 0.3) is 0 Å². The molecule has 0 bridgehead atoms. The van der Waals surface area contributed by atoms with Crippen molar-refractivity contribution >= 4 is 24.2 Å². The SMILES string of the molecule is COc1ccc(N2CC(CS)CC2=O)cc1F. The lowest BCUT2D eigenvalue weighted by Crippen LogP contribution is -2.24. The molecule has 1 aromatic carbocycles. The number of rotatable bonds is 3. The van der Waals surface area contributed by atoms with E-state index in [1.165, 1.54) is 19.2 Å². The first-order valence-corrected chi connectivity index (χ1v) is 6.03. The minimum atomic E-state index is -0.452. The molecule has 1 aromatic rings. The minimum Gasteiger partial charge on any atom is -0.494 e. The van der Waals surface area contributed by atoms with E-state index in [2.05, 4.69) is 12.6 Å². The van der Waals surface area contributed by atoms with E-state index in [9.17, 15) is 9.18 Å². The number of ether oxygens (including phenoxy) is 1. The van der Waals surface area contributed by atoms with Crippen molar-refractivity contribution in [2.45, 2.75) is 6.42 Å². The first-order valence-electron chi connectivity index (χ1n) is 5.40. The monoisotopic (exact) mass is 255 g/mol. The Morgan fingerprint density at radius 3 is 2.88 bits per heavy atom. The van der Waals surface area contributed by atoms with Gasteiger partial charge in [-0.3, -0.25) is 4.79 Å². The lowest BCUT2D eigenvalue weighted by molar-refractivity contribution is -0.117. The quantitative estimate of drug-likeness (QED) is 0.838. The van der Waals surface area contributed by atoms with E-state index in [0.717, 1.165) is 0 Å².